The van der Waals surface area contributed by atoms with Crippen molar-refractivity contribution in [1.82, 2.24) is 5.32 Å². The highest BCUT2D eigenvalue weighted by molar-refractivity contribution is 6.35. The minimum Gasteiger partial charge on any atom is -0.497 e. The maximum absolute atomic E-state index is 12.6. The minimum absolute atomic E-state index is 0.0631. The highest BCUT2D eigenvalue weighted by Crippen LogP contribution is 2.39. The van der Waals surface area contributed by atoms with E-state index in [0.29, 0.717) is 5.75 Å². The minimum atomic E-state index is -0.579. The van der Waals surface area contributed by atoms with Crippen molar-refractivity contribution in [2.24, 2.45) is 0 Å². The summed E-state index contributed by atoms with van der Waals surface area (Å²) in [5.74, 6) is 0.911. The Bertz CT molecular complexity index is 1150. The second kappa shape index (κ2) is 12.5. The third kappa shape index (κ3) is 7.04. The largest absolute Gasteiger partial charge is 0.497 e. The summed E-state index contributed by atoms with van der Waals surface area (Å²) in [4.78, 5) is 24.0. The monoisotopic (exact) mass is 499 g/mol. The summed E-state index contributed by atoms with van der Waals surface area (Å²) in [7, 11) is 4.43. The summed E-state index contributed by atoms with van der Waals surface area (Å²) in [5, 5.41) is 2.54. The second-order valence-electron chi connectivity index (χ2n) is 7.29. The van der Waals surface area contributed by atoms with Gasteiger partial charge in [0.2, 0.25) is 0 Å². The summed E-state index contributed by atoms with van der Waals surface area (Å²) in [5.41, 5.74) is 1.91. The zero-order valence-electron chi connectivity index (χ0n) is 19.6. The van der Waals surface area contributed by atoms with Gasteiger partial charge in [-0.25, -0.2) is 0 Å². The van der Waals surface area contributed by atoms with Crippen LogP contribution in [0.1, 0.15) is 21.5 Å². The number of nitrogens with one attached hydrogen (secondary N) is 1. The fraction of sp³-hybridized carbons (Fsp3) is 0.231. The van der Waals surface area contributed by atoms with Crippen molar-refractivity contribution in [3.8, 4) is 23.0 Å². The van der Waals surface area contributed by atoms with E-state index >= 15 is 0 Å². The number of carbonyl (C=O) groups is 2. The van der Waals surface area contributed by atoms with Crippen molar-refractivity contribution in [3.05, 3.63) is 82.4 Å². The maximum atomic E-state index is 12.6. The molecule has 1 N–H and O–H groups in total. The van der Waals surface area contributed by atoms with Crippen molar-refractivity contribution in [2.45, 2.75) is 13.2 Å². The number of ether oxygens (including phenoxy) is 5. The first kappa shape index (κ1) is 25.7. The van der Waals surface area contributed by atoms with E-state index in [1.807, 2.05) is 48.5 Å². The lowest BCUT2D eigenvalue weighted by Crippen LogP contribution is -2.30. The van der Waals surface area contributed by atoms with Crippen LogP contribution in [0.3, 0.4) is 0 Å². The van der Waals surface area contributed by atoms with Crippen LogP contribution >= 0.6 is 11.6 Å². The smallest absolute Gasteiger partial charge is 0.325 e. The predicted molar refractivity (Wildman–Crippen MR) is 130 cm³/mol. The summed E-state index contributed by atoms with van der Waals surface area (Å²) in [6.07, 6.45) is 0. The van der Waals surface area contributed by atoms with Gasteiger partial charge in [0, 0.05) is 0 Å². The fourth-order valence-corrected chi connectivity index (χ4v) is 3.34. The van der Waals surface area contributed by atoms with Crippen LogP contribution in [0.4, 0.5) is 0 Å². The first-order chi connectivity index (χ1) is 16.9. The average Bonchev–Trinajstić information content (AvgIpc) is 2.90. The Morgan fingerprint density at radius 3 is 1.83 bits per heavy atom. The molecule has 0 radical (unpaired) electrons. The third-order valence-electron chi connectivity index (χ3n) is 5.02. The molecule has 0 atom stereocenters. The number of methoxy groups -OCH3 is 3. The van der Waals surface area contributed by atoms with Gasteiger partial charge >= 0.3 is 5.97 Å². The van der Waals surface area contributed by atoms with E-state index in [0.717, 1.165) is 22.6 Å². The molecule has 3 aromatic carbocycles. The molecule has 35 heavy (non-hydrogen) atoms. The fourth-order valence-electron chi connectivity index (χ4n) is 3.04. The lowest BCUT2D eigenvalue weighted by Gasteiger charge is -2.17. The van der Waals surface area contributed by atoms with Crippen LogP contribution in [0.25, 0.3) is 0 Å². The van der Waals surface area contributed by atoms with Crippen LogP contribution in [-0.2, 0) is 22.7 Å². The Hall–Kier alpha value is -3.91. The van der Waals surface area contributed by atoms with Crippen LogP contribution in [0, 0.1) is 0 Å². The first-order valence-electron chi connectivity index (χ1n) is 10.6. The molecular weight excluding hydrogens is 474 g/mol. The van der Waals surface area contributed by atoms with Crippen molar-refractivity contribution in [2.75, 3.05) is 27.9 Å². The van der Waals surface area contributed by atoms with Gasteiger partial charge in [-0.05, 0) is 47.5 Å². The number of rotatable bonds is 11. The van der Waals surface area contributed by atoms with Crippen molar-refractivity contribution in [3.63, 3.8) is 0 Å². The predicted octanol–water partition coefficient (Wildman–Crippen LogP) is 4.42. The quantitative estimate of drug-likeness (QED) is 0.390. The molecule has 0 saturated carbocycles. The highest BCUT2D eigenvalue weighted by atomic mass is 35.5. The molecular formula is C26H26ClNO7. The molecule has 0 unspecified atom stereocenters. The van der Waals surface area contributed by atoms with E-state index in [-0.39, 0.29) is 36.1 Å². The first-order valence-corrected chi connectivity index (χ1v) is 11.0. The summed E-state index contributed by atoms with van der Waals surface area (Å²) < 4.78 is 26.9. The van der Waals surface area contributed by atoms with Crippen LogP contribution in [0.15, 0.2) is 60.7 Å². The second-order valence-corrected chi connectivity index (χ2v) is 7.66. The molecule has 0 spiro atoms. The molecule has 1 amide bonds. The van der Waals surface area contributed by atoms with Crippen LogP contribution < -0.4 is 24.3 Å². The molecule has 9 heteroatoms. The van der Waals surface area contributed by atoms with Crippen molar-refractivity contribution in [1.29, 1.82) is 0 Å². The van der Waals surface area contributed by atoms with E-state index in [9.17, 15) is 9.59 Å². The topological polar surface area (TPSA) is 92.3 Å². The molecule has 0 heterocycles. The van der Waals surface area contributed by atoms with Gasteiger partial charge in [0.1, 0.15) is 31.3 Å². The Kier molecular flexibility index (Phi) is 9.20. The van der Waals surface area contributed by atoms with Crippen LogP contribution in [-0.4, -0.2) is 39.8 Å². The zero-order valence-corrected chi connectivity index (χ0v) is 20.4. The SMILES string of the molecule is COC(=O)CNC(=O)c1ccc(OCc2ccc(OC)cc2)c(OCc2ccc(OC)cc2)c1Cl. The van der Waals surface area contributed by atoms with Crippen molar-refractivity contribution < 1.29 is 33.3 Å². The lowest BCUT2D eigenvalue weighted by molar-refractivity contribution is -0.139. The molecule has 0 bridgehead atoms. The standard InChI is InChI=1S/C26H26ClNO7/c1-31-19-8-4-17(5-9-19)15-34-22-13-12-21(26(30)28-14-23(29)33-3)24(27)25(22)35-16-18-6-10-20(32-2)11-7-18/h4-13H,14-16H2,1-3H3,(H,28,30). The van der Waals surface area contributed by atoms with Gasteiger partial charge in [0.25, 0.3) is 5.91 Å². The number of hydrogen-bond donors (Lipinski definition) is 1. The summed E-state index contributed by atoms with van der Waals surface area (Å²) in [6.45, 7) is 0.131. The van der Waals surface area contributed by atoms with E-state index in [2.05, 4.69) is 10.1 Å². The Balaban J connectivity index is 1.82. The number of amides is 1. The normalized spacial score (nSPS) is 10.3. The lowest BCUT2D eigenvalue weighted by atomic mass is 10.1. The summed E-state index contributed by atoms with van der Waals surface area (Å²) >= 11 is 6.57. The van der Waals surface area contributed by atoms with E-state index in [1.165, 1.54) is 13.2 Å². The molecule has 3 aromatic rings. The molecule has 0 fully saturated rings. The average molecular weight is 500 g/mol. The van der Waals surface area contributed by atoms with Crippen molar-refractivity contribution >= 4 is 23.5 Å². The number of carbonyl (C=O) groups excluding carboxylic acids is 2. The van der Waals surface area contributed by atoms with Gasteiger partial charge in [0.05, 0.1) is 31.9 Å². The van der Waals surface area contributed by atoms with Gasteiger partial charge in [-0.15, -0.1) is 0 Å². The number of hydrogen-bond acceptors (Lipinski definition) is 7. The Morgan fingerprint density at radius 2 is 1.31 bits per heavy atom. The molecule has 8 nitrogen and oxygen atoms in total. The van der Waals surface area contributed by atoms with Crippen LogP contribution in [0.5, 0.6) is 23.0 Å². The number of halogens is 1. The van der Waals surface area contributed by atoms with E-state index in [4.69, 9.17) is 30.5 Å². The molecule has 184 valence electrons. The number of benzene rings is 3. The highest BCUT2D eigenvalue weighted by Gasteiger charge is 2.20. The van der Waals surface area contributed by atoms with Gasteiger partial charge in [-0.3, -0.25) is 9.59 Å². The Morgan fingerprint density at radius 1 is 0.771 bits per heavy atom. The van der Waals surface area contributed by atoms with Gasteiger partial charge in [-0.1, -0.05) is 35.9 Å². The van der Waals surface area contributed by atoms with Gasteiger partial charge in [0.15, 0.2) is 11.5 Å². The molecule has 0 aliphatic rings. The van der Waals surface area contributed by atoms with E-state index in [1.54, 1.807) is 20.3 Å². The maximum Gasteiger partial charge on any atom is 0.325 e. The molecule has 0 aliphatic heterocycles. The third-order valence-corrected chi connectivity index (χ3v) is 5.40. The van der Waals surface area contributed by atoms with E-state index < -0.39 is 11.9 Å². The molecule has 0 saturated heterocycles. The zero-order chi connectivity index (χ0) is 25.2. The Labute approximate surface area is 208 Å². The molecule has 0 aliphatic carbocycles. The van der Waals surface area contributed by atoms with Gasteiger partial charge < -0.3 is 29.0 Å². The molecule has 3 rings (SSSR count). The summed E-state index contributed by atoms with van der Waals surface area (Å²) in [6, 6.07) is 17.9. The molecule has 0 aromatic heterocycles. The number of esters is 1. The van der Waals surface area contributed by atoms with Gasteiger partial charge in [-0.2, -0.15) is 0 Å². The van der Waals surface area contributed by atoms with Crippen LogP contribution in [0.2, 0.25) is 5.02 Å².